The molecule has 0 heterocycles. The molecule has 0 aliphatic carbocycles. The predicted molar refractivity (Wildman–Crippen MR) is 57.9 cm³/mol. The molecule has 0 unspecified atom stereocenters. The number of benzene rings is 1. The largest absolute Gasteiger partial charge is 0.508 e. The van der Waals surface area contributed by atoms with E-state index in [9.17, 15) is 5.11 Å². The van der Waals surface area contributed by atoms with Crippen LogP contribution in [0.2, 0.25) is 0 Å². The van der Waals surface area contributed by atoms with E-state index in [-0.39, 0.29) is 5.75 Å². The molecule has 1 aromatic rings. The van der Waals surface area contributed by atoms with Crippen molar-refractivity contribution in [2.75, 3.05) is 6.61 Å². The van der Waals surface area contributed by atoms with E-state index in [0.717, 1.165) is 37.2 Å². The minimum Gasteiger partial charge on any atom is -0.508 e. The highest BCUT2D eigenvalue weighted by Crippen LogP contribution is 2.22. The monoisotopic (exact) mass is 194 g/mol. The maximum Gasteiger partial charge on any atom is 0.123 e. The Bertz CT molecular complexity index is 282. The number of phenolic OH excluding ortho intramolecular Hbond substituents is 1. The molecule has 0 bridgehead atoms. The Labute approximate surface area is 85.5 Å². The van der Waals surface area contributed by atoms with Gasteiger partial charge < -0.3 is 9.84 Å². The Morgan fingerprint density at radius 1 is 1.21 bits per heavy atom. The second kappa shape index (κ2) is 5.53. The Balaban J connectivity index is 2.62. The first-order chi connectivity index (χ1) is 6.76. The molecular weight excluding hydrogens is 176 g/mol. The third kappa shape index (κ3) is 3.29. The van der Waals surface area contributed by atoms with Gasteiger partial charge in [0.2, 0.25) is 0 Å². The average molecular weight is 194 g/mol. The molecule has 0 atom stereocenters. The van der Waals surface area contributed by atoms with Crippen molar-refractivity contribution in [1.29, 1.82) is 0 Å². The van der Waals surface area contributed by atoms with Crippen molar-refractivity contribution in [3.05, 3.63) is 23.8 Å². The highest BCUT2D eigenvalue weighted by atomic mass is 16.5. The number of aromatic hydroxyl groups is 1. The fourth-order valence-corrected chi connectivity index (χ4v) is 1.27. The molecule has 2 nitrogen and oxygen atoms in total. The van der Waals surface area contributed by atoms with Gasteiger partial charge >= 0.3 is 0 Å². The number of aryl methyl sites for hydroxylation is 1. The van der Waals surface area contributed by atoms with Gasteiger partial charge in [-0.25, -0.2) is 0 Å². The second-order valence-electron chi connectivity index (χ2n) is 3.39. The lowest BCUT2D eigenvalue weighted by molar-refractivity contribution is 0.307. The Morgan fingerprint density at radius 3 is 2.64 bits per heavy atom. The molecule has 0 amide bonds. The fourth-order valence-electron chi connectivity index (χ4n) is 1.27. The molecule has 0 aromatic heterocycles. The number of unbranched alkanes of at least 4 members (excludes halogenated alkanes) is 1. The Hall–Kier alpha value is -1.18. The lowest BCUT2D eigenvalue weighted by Crippen LogP contribution is -1.96. The molecule has 1 N–H and O–H groups in total. The summed E-state index contributed by atoms with van der Waals surface area (Å²) >= 11 is 0. The fraction of sp³-hybridized carbons (Fsp3) is 0.500. The lowest BCUT2D eigenvalue weighted by atomic mass is 10.1. The van der Waals surface area contributed by atoms with Crippen molar-refractivity contribution >= 4 is 0 Å². The number of phenols is 1. The van der Waals surface area contributed by atoms with Gasteiger partial charge in [0.1, 0.15) is 11.5 Å². The molecule has 1 rings (SSSR count). The minimum atomic E-state index is 0.288. The van der Waals surface area contributed by atoms with Gasteiger partial charge in [-0.3, -0.25) is 0 Å². The van der Waals surface area contributed by atoms with Gasteiger partial charge in [-0.05, 0) is 30.5 Å². The zero-order valence-electron chi connectivity index (χ0n) is 8.92. The maximum atomic E-state index is 9.40. The summed E-state index contributed by atoms with van der Waals surface area (Å²) in [5.41, 5.74) is 1.11. The lowest BCUT2D eigenvalue weighted by Gasteiger charge is -2.07. The molecule has 14 heavy (non-hydrogen) atoms. The highest BCUT2D eigenvalue weighted by molar-refractivity contribution is 5.37. The van der Waals surface area contributed by atoms with Gasteiger partial charge in [-0.2, -0.15) is 0 Å². The summed E-state index contributed by atoms with van der Waals surface area (Å²) in [5, 5.41) is 9.40. The molecule has 0 fully saturated rings. The molecule has 0 radical (unpaired) electrons. The Morgan fingerprint density at radius 2 is 2.00 bits per heavy atom. The van der Waals surface area contributed by atoms with Gasteiger partial charge in [0.25, 0.3) is 0 Å². The first-order valence-electron chi connectivity index (χ1n) is 5.22. The highest BCUT2D eigenvalue weighted by Gasteiger charge is 1.99. The standard InChI is InChI=1S/C12H18O2/c1-3-5-6-14-12-8-10(4-2)7-11(13)9-12/h7-9,13H,3-6H2,1-2H3. The molecule has 2 heteroatoms. The van der Waals surface area contributed by atoms with Crippen molar-refractivity contribution in [2.24, 2.45) is 0 Å². The van der Waals surface area contributed by atoms with Crippen LogP contribution in [-0.4, -0.2) is 11.7 Å². The second-order valence-corrected chi connectivity index (χ2v) is 3.39. The average Bonchev–Trinajstić information content (AvgIpc) is 2.17. The van der Waals surface area contributed by atoms with Crippen molar-refractivity contribution in [3.63, 3.8) is 0 Å². The van der Waals surface area contributed by atoms with Gasteiger partial charge in [-0.1, -0.05) is 20.3 Å². The van der Waals surface area contributed by atoms with Gasteiger partial charge in [-0.15, -0.1) is 0 Å². The van der Waals surface area contributed by atoms with Crippen LogP contribution in [0.25, 0.3) is 0 Å². The summed E-state index contributed by atoms with van der Waals surface area (Å²) in [5.74, 6) is 1.06. The minimum absolute atomic E-state index is 0.288. The van der Waals surface area contributed by atoms with Gasteiger partial charge in [0.15, 0.2) is 0 Å². The van der Waals surface area contributed by atoms with Gasteiger partial charge in [0.05, 0.1) is 6.61 Å². The van der Waals surface area contributed by atoms with Crippen LogP contribution in [-0.2, 0) is 6.42 Å². The number of hydrogen-bond acceptors (Lipinski definition) is 2. The van der Waals surface area contributed by atoms with Crippen molar-refractivity contribution in [3.8, 4) is 11.5 Å². The zero-order valence-corrected chi connectivity index (χ0v) is 8.92. The van der Waals surface area contributed by atoms with E-state index < -0.39 is 0 Å². The molecular formula is C12H18O2. The third-order valence-electron chi connectivity index (χ3n) is 2.13. The SMILES string of the molecule is CCCCOc1cc(O)cc(CC)c1. The van der Waals surface area contributed by atoms with Crippen LogP contribution in [0.3, 0.4) is 0 Å². The van der Waals surface area contributed by atoms with Crippen LogP contribution in [0.1, 0.15) is 32.3 Å². The van der Waals surface area contributed by atoms with E-state index in [1.54, 1.807) is 12.1 Å². The van der Waals surface area contributed by atoms with E-state index in [4.69, 9.17) is 4.74 Å². The summed E-state index contributed by atoms with van der Waals surface area (Å²) in [6, 6.07) is 5.41. The van der Waals surface area contributed by atoms with Crippen molar-refractivity contribution in [2.45, 2.75) is 33.1 Å². The number of hydrogen-bond donors (Lipinski definition) is 1. The van der Waals surface area contributed by atoms with E-state index in [0.29, 0.717) is 0 Å². The summed E-state index contributed by atoms with van der Waals surface area (Å²) in [4.78, 5) is 0. The molecule has 0 aliphatic rings. The summed E-state index contributed by atoms with van der Waals surface area (Å²) in [6.45, 7) is 4.91. The first-order valence-corrected chi connectivity index (χ1v) is 5.22. The van der Waals surface area contributed by atoms with Crippen LogP contribution in [0.5, 0.6) is 11.5 Å². The predicted octanol–water partition coefficient (Wildman–Crippen LogP) is 3.13. The summed E-state index contributed by atoms with van der Waals surface area (Å²) in [6.07, 6.45) is 3.09. The van der Waals surface area contributed by atoms with E-state index >= 15 is 0 Å². The van der Waals surface area contributed by atoms with Crippen LogP contribution in [0.15, 0.2) is 18.2 Å². The first kappa shape index (κ1) is 10.9. The molecule has 0 aliphatic heterocycles. The molecule has 0 spiro atoms. The van der Waals surface area contributed by atoms with Gasteiger partial charge in [0, 0.05) is 6.07 Å². The molecule has 0 saturated carbocycles. The maximum absolute atomic E-state index is 9.40. The van der Waals surface area contributed by atoms with Crippen LogP contribution in [0, 0.1) is 0 Å². The van der Waals surface area contributed by atoms with Crippen LogP contribution in [0.4, 0.5) is 0 Å². The third-order valence-corrected chi connectivity index (χ3v) is 2.13. The summed E-state index contributed by atoms with van der Waals surface area (Å²) in [7, 11) is 0. The van der Waals surface area contributed by atoms with E-state index in [1.165, 1.54) is 0 Å². The quantitative estimate of drug-likeness (QED) is 0.730. The van der Waals surface area contributed by atoms with Crippen LogP contribution < -0.4 is 4.74 Å². The number of rotatable bonds is 5. The van der Waals surface area contributed by atoms with Crippen LogP contribution >= 0.6 is 0 Å². The van der Waals surface area contributed by atoms with E-state index in [2.05, 4.69) is 13.8 Å². The molecule has 1 aromatic carbocycles. The van der Waals surface area contributed by atoms with Crippen molar-refractivity contribution < 1.29 is 9.84 Å². The molecule has 78 valence electrons. The Kier molecular flexibility index (Phi) is 4.30. The van der Waals surface area contributed by atoms with Crippen molar-refractivity contribution in [1.82, 2.24) is 0 Å². The molecule has 0 saturated heterocycles. The summed E-state index contributed by atoms with van der Waals surface area (Å²) < 4.78 is 5.51. The normalized spacial score (nSPS) is 10.1. The zero-order chi connectivity index (χ0) is 10.4. The topological polar surface area (TPSA) is 29.5 Å². The number of ether oxygens (including phenoxy) is 1. The van der Waals surface area contributed by atoms with E-state index in [1.807, 2.05) is 6.07 Å². The smallest absolute Gasteiger partial charge is 0.123 e.